The lowest BCUT2D eigenvalue weighted by Crippen LogP contribution is -2.00. The third-order valence-corrected chi connectivity index (χ3v) is 5.61. The highest BCUT2D eigenvalue weighted by Gasteiger charge is 2.17. The molecule has 2 aliphatic carbocycles. The quantitative estimate of drug-likeness (QED) is 0.604. The largest absolute Gasteiger partial charge is 0.0952 e. The minimum absolute atomic E-state index is 0.435. The van der Waals surface area contributed by atoms with E-state index in [4.69, 9.17) is 0 Å². The van der Waals surface area contributed by atoms with E-state index in [2.05, 4.69) is 87.2 Å². The van der Waals surface area contributed by atoms with Crippen molar-refractivity contribution in [3.05, 3.63) is 112 Å². The first kappa shape index (κ1) is 16.8. The smallest absolute Gasteiger partial charge is 0.000721 e. The van der Waals surface area contributed by atoms with Gasteiger partial charge >= 0.3 is 0 Å². The van der Waals surface area contributed by atoms with Crippen molar-refractivity contribution in [2.75, 3.05) is 0 Å². The summed E-state index contributed by atoms with van der Waals surface area (Å²) in [7, 11) is 0. The zero-order valence-corrected chi connectivity index (χ0v) is 15.8. The maximum absolute atomic E-state index is 4.11. The van der Waals surface area contributed by atoms with E-state index in [1.165, 1.54) is 44.5 Å². The Morgan fingerprint density at radius 3 is 2.46 bits per heavy atom. The fraction of sp³-hybridized carbons (Fsp3) is 0.231. The Kier molecular flexibility index (Phi) is 4.51. The molecular formula is C26H26. The van der Waals surface area contributed by atoms with E-state index in [1.54, 1.807) is 0 Å². The summed E-state index contributed by atoms with van der Waals surface area (Å²) in [5, 5.41) is 0. The molecule has 0 radical (unpaired) electrons. The number of hydrogen-bond donors (Lipinski definition) is 0. The molecule has 0 saturated carbocycles. The first-order chi connectivity index (χ1) is 12.6. The fourth-order valence-corrected chi connectivity index (χ4v) is 3.76. The summed E-state index contributed by atoms with van der Waals surface area (Å²) >= 11 is 0. The molecule has 0 aliphatic heterocycles. The van der Waals surface area contributed by atoms with Gasteiger partial charge in [0.1, 0.15) is 0 Å². The van der Waals surface area contributed by atoms with Crippen LogP contribution in [0, 0.1) is 12.8 Å². The van der Waals surface area contributed by atoms with Crippen LogP contribution in [-0.4, -0.2) is 0 Å². The van der Waals surface area contributed by atoms with E-state index >= 15 is 0 Å². The molecule has 0 nitrogen and oxygen atoms in total. The van der Waals surface area contributed by atoms with Crippen molar-refractivity contribution in [3.63, 3.8) is 0 Å². The Morgan fingerprint density at radius 2 is 1.69 bits per heavy atom. The summed E-state index contributed by atoms with van der Waals surface area (Å²) in [6.45, 7) is 8.47. The standard InChI is InChI=1S/C26H26/c1-18-4-7-21(8-5-18)9-10-22-11-13-24-16-26(17-25(24)15-22)23-12-6-19(2)20(3)14-23/h4-8,11-15,17,20H,2,9-10,16H2,1,3H3. The Hall–Kier alpha value is -2.60. The highest BCUT2D eigenvalue weighted by atomic mass is 14.2. The van der Waals surface area contributed by atoms with Gasteiger partial charge in [-0.15, -0.1) is 0 Å². The SMILES string of the molecule is C=C1C=CC(C2=Cc3cc(CCc4ccc(C)cc4)ccc3C2)=CC1C. The van der Waals surface area contributed by atoms with Crippen LogP contribution in [0.5, 0.6) is 0 Å². The molecule has 2 aromatic rings. The topological polar surface area (TPSA) is 0 Å². The highest BCUT2D eigenvalue weighted by Crippen LogP contribution is 2.34. The van der Waals surface area contributed by atoms with E-state index in [9.17, 15) is 0 Å². The van der Waals surface area contributed by atoms with Crippen LogP contribution in [0.25, 0.3) is 6.08 Å². The number of fused-ring (bicyclic) bond motifs is 1. The predicted octanol–water partition coefficient (Wildman–Crippen LogP) is 6.41. The molecule has 0 fully saturated rings. The van der Waals surface area contributed by atoms with Crippen LogP contribution in [0.4, 0.5) is 0 Å². The maximum atomic E-state index is 4.11. The van der Waals surface area contributed by atoms with Crippen LogP contribution in [0.15, 0.2) is 84.0 Å². The molecule has 2 aromatic carbocycles. The van der Waals surface area contributed by atoms with Gasteiger partial charge in [-0.2, -0.15) is 0 Å². The fourth-order valence-electron chi connectivity index (χ4n) is 3.76. The predicted molar refractivity (Wildman–Crippen MR) is 112 cm³/mol. The van der Waals surface area contributed by atoms with E-state index in [1.807, 2.05) is 0 Å². The second kappa shape index (κ2) is 6.96. The molecule has 2 aliphatic rings. The molecule has 0 heteroatoms. The van der Waals surface area contributed by atoms with E-state index < -0.39 is 0 Å². The van der Waals surface area contributed by atoms with Crippen LogP contribution in [0.1, 0.15) is 34.7 Å². The van der Waals surface area contributed by atoms with Gasteiger partial charge < -0.3 is 0 Å². The number of rotatable bonds is 4. The molecule has 1 atom stereocenters. The van der Waals surface area contributed by atoms with Gasteiger partial charge in [-0.3, -0.25) is 0 Å². The van der Waals surface area contributed by atoms with Crippen molar-refractivity contribution in [3.8, 4) is 0 Å². The molecule has 0 saturated heterocycles. The second-order valence-corrected chi connectivity index (χ2v) is 7.68. The first-order valence-corrected chi connectivity index (χ1v) is 9.55. The normalized spacial score (nSPS) is 18.5. The van der Waals surface area contributed by atoms with Gasteiger partial charge in [0.25, 0.3) is 0 Å². The maximum Gasteiger partial charge on any atom is -0.000721 e. The average molecular weight is 338 g/mol. The number of hydrogen-bond acceptors (Lipinski definition) is 0. The molecule has 0 N–H and O–H groups in total. The van der Waals surface area contributed by atoms with Gasteiger partial charge in [-0.05, 0) is 71.1 Å². The Morgan fingerprint density at radius 1 is 0.962 bits per heavy atom. The molecule has 4 rings (SSSR count). The van der Waals surface area contributed by atoms with Gasteiger partial charge in [0.2, 0.25) is 0 Å². The van der Waals surface area contributed by atoms with Gasteiger partial charge in [0.15, 0.2) is 0 Å². The van der Waals surface area contributed by atoms with Crippen LogP contribution in [-0.2, 0) is 19.3 Å². The van der Waals surface area contributed by atoms with Crippen molar-refractivity contribution < 1.29 is 0 Å². The Bertz CT molecular complexity index is 933. The van der Waals surface area contributed by atoms with Crippen molar-refractivity contribution in [2.24, 2.45) is 5.92 Å². The number of aryl methyl sites for hydroxylation is 3. The van der Waals surface area contributed by atoms with Gasteiger partial charge in [-0.1, -0.05) is 85.8 Å². The molecule has 1 unspecified atom stereocenters. The second-order valence-electron chi connectivity index (χ2n) is 7.68. The molecular weight excluding hydrogens is 312 g/mol. The van der Waals surface area contributed by atoms with Crippen molar-refractivity contribution in [2.45, 2.75) is 33.1 Å². The molecule has 0 amide bonds. The summed E-state index contributed by atoms with van der Waals surface area (Å²) in [6.07, 6.45) is 12.3. The highest BCUT2D eigenvalue weighted by molar-refractivity contribution is 5.71. The van der Waals surface area contributed by atoms with E-state index in [0.29, 0.717) is 5.92 Å². The van der Waals surface area contributed by atoms with Crippen molar-refractivity contribution >= 4 is 6.08 Å². The summed E-state index contributed by atoms with van der Waals surface area (Å²) in [5.74, 6) is 0.435. The Balaban J connectivity index is 1.49. The zero-order chi connectivity index (χ0) is 18.1. The van der Waals surface area contributed by atoms with Gasteiger partial charge in [0.05, 0.1) is 0 Å². The van der Waals surface area contributed by atoms with Crippen LogP contribution in [0.2, 0.25) is 0 Å². The lowest BCUT2D eigenvalue weighted by Gasteiger charge is -2.15. The summed E-state index contributed by atoms with van der Waals surface area (Å²) in [6, 6.07) is 15.9. The molecule has 26 heavy (non-hydrogen) atoms. The first-order valence-electron chi connectivity index (χ1n) is 9.55. The molecule has 0 heterocycles. The van der Waals surface area contributed by atoms with Gasteiger partial charge in [-0.25, -0.2) is 0 Å². The molecule has 0 spiro atoms. The average Bonchev–Trinajstić information content (AvgIpc) is 3.07. The number of benzene rings is 2. The van der Waals surface area contributed by atoms with E-state index in [-0.39, 0.29) is 0 Å². The summed E-state index contributed by atoms with van der Waals surface area (Å²) in [4.78, 5) is 0. The van der Waals surface area contributed by atoms with Crippen LogP contribution in [0.3, 0.4) is 0 Å². The van der Waals surface area contributed by atoms with Crippen molar-refractivity contribution in [1.29, 1.82) is 0 Å². The van der Waals surface area contributed by atoms with Crippen molar-refractivity contribution in [1.82, 2.24) is 0 Å². The minimum atomic E-state index is 0.435. The van der Waals surface area contributed by atoms with Gasteiger partial charge in [0, 0.05) is 0 Å². The lowest BCUT2D eigenvalue weighted by molar-refractivity contribution is 0.877. The minimum Gasteiger partial charge on any atom is -0.0952 e. The van der Waals surface area contributed by atoms with Crippen LogP contribution >= 0.6 is 0 Å². The molecule has 130 valence electrons. The lowest BCUT2D eigenvalue weighted by atomic mass is 9.90. The monoisotopic (exact) mass is 338 g/mol. The molecule has 0 aromatic heterocycles. The number of allylic oxidation sites excluding steroid dienone is 6. The summed E-state index contributed by atoms with van der Waals surface area (Å²) < 4.78 is 0. The summed E-state index contributed by atoms with van der Waals surface area (Å²) in [5.41, 5.74) is 11.0. The van der Waals surface area contributed by atoms with E-state index in [0.717, 1.165) is 19.3 Å². The molecule has 0 bridgehead atoms. The Labute approximate surface area is 157 Å². The third kappa shape index (κ3) is 3.51. The van der Waals surface area contributed by atoms with Crippen LogP contribution < -0.4 is 0 Å². The zero-order valence-electron chi connectivity index (χ0n) is 15.8. The third-order valence-electron chi connectivity index (χ3n) is 5.61.